The minimum Gasteiger partial charge on any atom is -0.305 e. The van der Waals surface area contributed by atoms with E-state index in [1.807, 2.05) is 0 Å². The third kappa shape index (κ3) is 4.81. The average molecular weight is 471 g/mol. The minimum absolute atomic E-state index is 0.00519. The van der Waals surface area contributed by atoms with Crippen molar-refractivity contribution in [1.82, 2.24) is 14.1 Å². The Kier molecular flexibility index (Phi) is 6.47. The summed E-state index contributed by atoms with van der Waals surface area (Å²) in [7, 11) is -1.17. The zero-order valence-corrected chi connectivity index (χ0v) is 18.3. The fourth-order valence-corrected chi connectivity index (χ4v) is 4.35. The highest BCUT2D eigenvalue weighted by atomic mass is 35.5. The molecule has 0 saturated carbocycles. The molecule has 3 rings (SSSR count). The van der Waals surface area contributed by atoms with Gasteiger partial charge in [0.1, 0.15) is 10.7 Å². The van der Waals surface area contributed by atoms with E-state index in [0.717, 1.165) is 10.4 Å². The molecule has 0 radical (unpaired) electrons. The van der Waals surface area contributed by atoms with Crippen LogP contribution in [0, 0.1) is 5.82 Å². The highest BCUT2D eigenvalue weighted by Gasteiger charge is 2.24. The predicted octanol–water partition coefficient (Wildman–Crippen LogP) is 3.88. The molecule has 2 aromatic carbocycles. The first-order valence-corrected chi connectivity index (χ1v) is 10.8. The second kappa shape index (κ2) is 8.73. The van der Waals surface area contributed by atoms with Gasteiger partial charge in [-0.3, -0.25) is 9.48 Å². The molecule has 158 valence electrons. The summed E-state index contributed by atoms with van der Waals surface area (Å²) < 4.78 is 40.7. The molecular weight excluding hydrogens is 454 g/mol. The Morgan fingerprint density at radius 1 is 1.17 bits per heavy atom. The fourth-order valence-electron chi connectivity index (χ4n) is 2.62. The number of carbonyl (C=O) groups is 1. The van der Waals surface area contributed by atoms with Crippen LogP contribution in [0.4, 0.5) is 10.2 Å². The van der Waals surface area contributed by atoms with Crippen molar-refractivity contribution in [3.8, 4) is 0 Å². The Hall–Kier alpha value is -2.46. The van der Waals surface area contributed by atoms with Crippen LogP contribution in [-0.4, -0.2) is 42.5 Å². The van der Waals surface area contributed by atoms with E-state index in [1.54, 1.807) is 24.4 Å². The van der Waals surface area contributed by atoms with Gasteiger partial charge in [0.15, 0.2) is 5.82 Å². The Morgan fingerprint density at radius 3 is 2.57 bits per heavy atom. The van der Waals surface area contributed by atoms with Crippen LogP contribution in [0.5, 0.6) is 0 Å². The van der Waals surface area contributed by atoms with Crippen molar-refractivity contribution >= 4 is 45.0 Å². The molecule has 0 bridgehead atoms. The van der Waals surface area contributed by atoms with E-state index >= 15 is 0 Å². The minimum atomic E-state index is -3.87. The summed E-state index contributed by atoms with van der Waals surface area (Å²) in [4.78, 5) is 12.4. The maximum absolute atomic E-state index is 13.3. The second-order valence-electron chi connectivity index (χ2n) is 6.53. The summed E-state index contributed by atoms with van der Waals surface area (Å²) in [5.74, 6) is -0.781. The molecule has 3 aromatic rings. The monoisotopic (exact) mass is 470 g/mol. The van der Waals surface area contributed by atoms with Crippen molar-refractivity contribution in [2.24, 2.45) is 0 Å². The lowest BCUT2D eigenvalue weighted by molar-refractivity contribution is 0.102. The maximum atomic E-state index is 13.3. The maximum Gasteiger partial charge on any atom is 0.258 e. The zero-order chi connectivity index (χ0) is 22.1. The van der Waals surface area contributed by atoms with Crippen molar-refractivity contribution in [2.75, 3.05) is 19.4 Å². The molecule has 0 saturated heterocycles. The van der Waals surface area contributed by atoms with E-state index < -0.39 is 15.9 Å². The lowest BCUT2D eigenvalue weighted by Crippen LogP contribution is -2.23. The highest BCUT2D eigenvalue weighted by Crippen LogP contribution is 2.30. The first-order chi connectivity index (χ1) is 14.1. The number of amides is 1. The van der Waals surface area contributed by atoms with Crippen molar-refractivity contribution in [3.05, 3.63) is 75.7 Å². The number of nitrogens with zero attached hydrogens (tertiary/aromatic N) is 3. The van der Waals surface area contributed by atoms with Crippen LogP contribution < -0.4 is 5.32 Å². The lowest BCUT2D eigenvalue weighted by Gasteiger charge is -2.14. The van der Waals surface area contributed by atoms with Crippen LogP contribution in [0.3, 0.4) is 0 Å². The molecule has 0 aliphatic rings. The topological polar surface area (TPSA) is 84.3 Å². The molecule has 0 atom stereocenters. The van der Waals surface area contributed by atoms with E-state index in [0.29, 0.717) is 12.1 Å². The Labute approximate surface area is 183 Å². The number of carbonyl (C=O) groups excluding carboxylic acids is 1. The summed E-state index contributed by atoms with van der Waals surface area (Å²) in [5.41, 5.74) is 0.636. The molecule has 1 N–H and O–H groups in total. The van der Waals surface area contributed by atoms with Gasteiger partial charge in [-0.1, -0.05) is 35.3 Å². The van der Waals surface area contributed by atoms with Crippen LogP contribution in [0.2, 0.25) is 10.0 Å². The molecule has 1 aromatic heterocycles. The summed E-state index contributed by atoms with van der Waals surface area (Å²) in [6.07, 6.45) is 1.62. The van der Waals surface area contributed by atoms with E-state index in [1.165, 1.54) is 37.0 Å². The number of aromatic nitrogens is 2. The third-order valence-electron chi connectivity index (χ3n) is 4.14. The normalized spacial score (nSPS) is 11.7. The Morgan fingerprint density at radius 2 is 1.90 bits per heavy atom. The molecule has 7 nitrogen and oxygen atoms in total. The first-order valence-electron chi connectivity index (χ1n) is 8.59. The third-order valence-corrected chi connectivity index (χ3v) is 6.73. The standard InChI is InChI=1S/C19H17Cl2FN4O3S/c1-25(2)30(28,29)17-9-14(15(20)10-16(17)21)19(27)23-18-6-7-26(24-18)11-12-4-3-5-13(22)8-12/h3-10H,11H2,1-2H3,(H,23,24,27). The second-order valence-corrected chi connectivity index (χ2v) is 9.47. The van der Waals surface area contributed by atoms with Gasteiger partial charge < -0.3 is 5.32 Å². The molecular formula is C19H17Cl2FN4O3S. The molecule has 11 heteroatoms. The van der Waals surface area contributed by atoms with Crippen LogP contribution >= 0.6 is 23.2 Å². The molecule has 30 heavy (non-hydrogen) atoms. The Bertz CT molecular complexity index is 1210. The van der Waals surface area contributed by atoms with Gasteiger partial charge in [-0.05, 0) is 29.8 Å². The van der Waals surface area contributed by atoms with Crippen LogP contribution in [0.1, 0.15) is 15.9 Å². The van der Waals surface area contributed by atoms with Crippen molar-refractivity contribution in [2.45, 2.75) is 11.4 Å². The molecule has 0 fully saturated rings. The molecule has 0 aliphatic carbocycles. The van der Waals surface area contributed by atoms with E-state index in [2.05, 4.69) is 10.4 Å². The summed E-state index contributed by atoms with van der Waals surface area (Å²) in [6, 6.07) is 9.97. The van der Waals surface area contributed by atoms with E-state index in [-0.39, 0.29) is 32.1 Å². The van der Waals surface area contributed by atoms with Gasteiger partial charge >= 0.3 is 0 Å². The van der Waals surface area contributed by atoms with Gasteiger partial charge in [0.25, 0.3) is 5.91 Å². The average Bonchev–Trinajstić information content (AvgIpc) is 3.08. The van der Waals surface area contributed by atoms with Crippen LogP contribution in [0.15, 0.2) is 53.6 Å². The van der Waals surface area contributed by atoms with E-state index in [9.17, 15) is 17.6 Å². The van der Waals surface area contributed by atoms with Gasteiger partial charge in [0, 0.05) is 26.4 Å². The fraction of sp³-hybridized carbons (Fsp3) is 0.158. The number of sulfonamides is 1. The number of hydrogen-bond donors (Lipinski definition) is 1. The predicted molar refractivity (Wildman–Crippen MR) is 113 cm³/mol. The smallest absolute Gasteiger partial charge is 0.258 e. The number of nitrogens with one attached hydrogen (secondary N) is 1. The molecule has 0 spiro atoms. The van der Waals surface area contributed by atoms with Crippen LogP contribution in [0.25, 0.3) is 0 Å². The van der Waals surface area contributed by atoms with Gasteiger partial charge in [0.05, 0.1) is 22.2 Å². The quantitative estimate of drug-likeness (QED) is 0.592. The number of benzene rings is 2. The molecule has 0 aliphatic heterocycles. The van der Waals surface area contributed by atoms with Crippen molar-refractivity contribution in [3.63, 3.8) is 0 Å². The number of hydrogen-bond acceptors (Lipinski definition) is 4. The van der Waals surface area contributed by atoms with Crippen molar-refractivity contribution in [1.29, 1.82) is 0 Å². The zero-order valence-electron chi connectivity index (χ0n) is 15.9. The molecule has 1 amide bonds. The molecule has 1 heterocycles. The van der Waals surface area contributed by atoms with Crippen molar-refractivity contribution < 1.29 is 17.6 Å². The SMILES string of the molecule is CN(C)S(=O)(=O)c1cc(C(=O)Nc2ccn(Cc3cccc(F)c3)n2)c(Cl)cc1Cl. The summed E-state index contributed by atoms with van der Waals surface area (Å²) >= 11 is 12.1. The molecule has 0 unspecified atom stereocenters. The number of anilines is 1. The summed E-state index contributed by atoms with van der Waals surface area (Å²) in [6.45, 7) is 0.306. The van der Waals surface area contributed by atoms with Gasteiger partial charge in [-0.2, -0.15) is 5.10 Å². The van der Waals surface area contributed by atoms with Crippen LogP contribution in [-0.2, 0) is 16.6 Å². The van der Waals surface area contributed by atoms with Gasteiger partial charge in [0.2, 0.25) is 10.0 Å². The first kappa shape index (κ1) is 22.2. The number of rotatable bonds is 6. The summed E-state index contributed by atoms with van der Waals surface area (Å²) in [5, 5.41) is 6.68. The largest absolute Gasteiger partial charge is 0.305 e. The number of halogens is 3. The van der Waals surface area contributed by atoms with Gasteiger partial charge in [-0.15, -0.1) is 0 Å². The highest BCUT2D eigenvalue weighted by molar-refractivity contribution is 7.89. The lowest BCUT2D eigenvalue weighted by atomic mass is 10.2. The Balaban J connectivity index is 1.82. The van der Waals surface area contributed by atoms with E-state index in [4.69, 9.17) is 23.2 Å². The van der Waals surface area contributed by atoms with Gasteiger partial charge in [-0.25, -0.2) is 17.1 Å².